The number of aromatic nitrogens is 4. The minimum absolute atomic E-state index is 0.423. The molecule has 0 radical (unpaired) electrons. The SMILES string of the molecule is CCC(C)COc1ccc(-c2[nH]/c(=C(/C#N)c3nc4ccccc4s3)c3c(-c4ccc(OCC(C)CC)cc4)n(C)/c(=C(/C#N)c4nc5ccccc5s4)c23)cc1. The average molecular weight is 787 g/mol. The molecule has 1 N–H and O–H groups in total. The van der Waals surface area contributed by atoms with Crippen molar-refractivity contribution in [2.24, 2.45) is 18.9 Å². The normalized spacial score (nSPS) is 13.7. The van der Waals surface area contributed by atoms with Crippen molar-refractivity contribution in [1.82, 2.24) is 19.5 Å². The van der Waals surface area contributed by atoms with Gasteiger partial charge in [-0.25, -0.2) is 9.97 Å². The maximum absolute atomic E-state index is 11.1. The highest BCUT2D eigenvalue weighted by Crippen LogP contribution is 2.36. The molecule has 57 heavy (non-hydrogen) atoms. The van der Waals surface area contributed by atoms with Gasteiger partial charge in [-0.05, 0) is 95.8 Å². The molecule has 0 amide bonds. The van der Waals surface area contributed by atoms with Gasteiger partial charge in [0.2, 0.25) is 0 Å². The predicted molar refractivity (Wildman–Crippen MR) is 233 cm³/mol. The molecule has 0 aliphatic heterocycles. The van der Waals surface area contributed by atoms with E-state index >= 15 is 0 Å². The van der Waals surface area contributed by atoms with Crippen molar-refractivity contribution >= 4 is 65.0 Å². The van der Waals surface area contributed by atoms with E-state index in [1.165, 1.54) is 22.7 Å². The van der Waals surface area contributed by atoms with Crippen molar-refractivity contribution in [3.05, 3.63) is 118 Å². The molecule has 4 aromatic heterocycles. The van der Waals surface area contributed by atoms with Gasteiger partial charge in [-0.1, -0.05) is 64.8 Å². The molecule has 0 saturated heterocycles. The predicted octanol–water partition coefficient (Wildman–Crippen LogP) is 10.4. The summed E-state index contributed by atoms with van der Waals surface area (Å²) in [5, 5.41) is 26.3. The van der Waals surface area contributed by atoms with Crippen molar-refractivity contribution in [1.29, 1.82) is 10.5 Å². The lowest BCUT2D eigenvalue weighted by atomic mass is 10.0. The number of aromatic amines is 1. The Hall–Kier alpha value is -6.20. The molecule has 4 heterocycles. The van der Waals surface area contributed by atoms with Gasteiger partial charge >= 0.3 is 0 Å². The van der Waals surface area contributed by atoms with Gasteiger partial charge in [0.25, 0.3) is 0 Å². The number of rotatable bonds is 12. The topological polar surface area (TPSA) is 113 Å². The van der Waals surface area contributed by atoms with Gasteiger partial charge in [0, 0.05) is 17.8 Å². The molecule has 10 heteroatoms. The van der Waals surface area contributed by atoms with Crippen LogP contribution in [0.2, 0.25) is 0 Å². The van der Waals surface area contributed by atoms with E-state index in [2.05, 4.69) is 61.5 Å². The highest BCUT2D eigenvalue weighted by atomic mass is 32.1. The second-order valence-electron chi connectivity index (χ2n) is 14.5. The number of H-pyrrole nitrogens is 1. The third-order valence-electron chi connectivity index (χ3n) is 10.6. The fourth-order valence-electron chi connectivity index (χ4n) is 6.97. The molecule has 0 saturated carbocycles. The van der Waals surface area contributed by atoms with Crippen molar-refractivity contribution in [3.63, 3.8) is 0 Å². The Morgan fingerprint density at radius 3 is 1.67 bits per heavy atom. The minimum Gasteiger partial charge on any atom is -0.493 e. The third kappa shape index (κ3) is 7.19. The number of para-hydroxylation sites is 2. The van der Waals surface area contributed by atoms with Gasteiger partial charge < -0.3 is 19.0 Å². The van der Waals surface area contributed by atoms with Crippen LogP contribution in [0.15, 0.2) is 97.1 Å². The molecule has 0 aliphatic rings. The van der Waals surface area contributed by atoms with E-state index in [4.69, 9.17) is 19.4 Å². The lowest BCUT2D eigenvalue weighted by molar-refractivity contribution is 0.256. The number of nitriles is 2. The Bertz CT molecular complexity index is 2890. The largest absolute Gasteiger partial charge is 0.493 e. The first-order valence-corrected chi connectivity index (χ1v) is 20.9. The van der Waals surface area contributed by atoms with Gasteiger partial charge in [-0.3, -0.25) is 0 Å². The zero-order valence-corrected chi connectivity index (χ0v) is 34.2. The zero-order chi connectivity index (χ0) is 39.6. The quantitative estimate of drug-likeness (QED) is 0.132. The molecule has 2 unspecified atom stereocenters. The summed E-state index contributed by atoms with van der Waals surface area (Å²) in [6.07, 6.45) is 2.07. The van der Waals surface area contributed by atoms with E-state index in [0.717, 1.165) is 78.1 Å². The summed E-state index contributed by atoms with van der Waals surface area (Å²) < 4.78 is 16.4. The molecule has 0 fully saturated rings. The number of nitrogens with zero attached hydrogens (tertiary/aromatic N) is 5. The summed E-state index contributed by atoms with van der Waals surface area (Å²) in [7, 11) is 1.99. The van der Waals surface area contributed by atoms with E-state index < -0.39 is 0 Å². The van der Waals surface area contributed by atoms with Crippen molar-refractivity contribution in [2.75, 3.05) is 13.2 Å². The second kappa shape index (κ2) is 16.1. The van der Waals surface area contributed by atoms with E-state index in [0.29, 0.717) is 56.9 Å². The molecular formula is C47H42N6O2S2. The number of ether oxygens (including phenoxy) is 2. The molecular weight excluding hydrogens is 745 g/mol. The lowest BCUT2D eigenvalue weighted by Gasteiger charge is -2.12. The van der Waals surface area contributed by atoms with Crippen LogP contribution in [0.25, 0.3) is 64.9 Å². The summed E-state index contributed by atoms with van der Waals surface area (Å²) >= 11 is 2.98. The van der Waals surface area contributed by atoms with E-state index in [-0.39, 0.29) is 0 Å². The molecule has 4 aromatic carbocycles. The Kier molecular flexibility index (Phi) is 10.7. The monoisotopic (exact) mass is 786 g/mol. The van der Waals surface area contributed by atoms with Gasteiger partial charge in [0.15, 0.2) is 0 Å². The fourth-order valence-corrected chi connectivity index (χ4v) is 8.89. The van der Waals surface area contributed by atoms with E-state index in [9.17, 15) is 10.5 Å². The first-order valence-electron chi connectivity index (χ1n) is 19.3. The Morgan fingerprint density at radius 2 is 1.18 bits per heavy atom. The molecule has 284 valence electrons. The van der Waals surface area contributed by atoms with Gasteiger partial charge in [-0.2, -0.15) is 10.5 Å². The van der Waals surface area contributed by atoms with E-state index in [1.807, 2.05) is 92.0 Å². The molecule has 0 spiro atoms. The highest BCUT2D eigenvalue weighted by molar-refractivity contribution is 7.20. The summed E-state index contributed by atoms with van der Waals surface area (Å²) in [6, 6.07) is 37.1. The van der Waals surface area contributed by atoms with E-state index in [1.54, 1.807) is 0 Å². The number of fused-ring (bicyclic) bond motifs is 3. The molecule has 2 atom stereocenters. The Balaban J connectivity index is 1.47. The number of nitrogens with one attached hydrogen (secondary N) is 1. The first-order chi connectivity index (χ1) is 27.8. The van der Waals surface area contributed by atoms with Crippen LogP contribution in [0.1, 0.15) is 50.6 Å². The van der Waals surface area contributed by atoms with Crippen LogP contribution >= 0.6 is 22.7 Å². The van der Waals surface area contributed by atoms with Crippen molar-refractivity contribution in [3.8, 4) is 46.2 Å². The smallest absolute Gasteiger partial charge is 0.137 e. The Morgan fingerprint density at radius 1 is 0.684 bits per heavy atom. The lowest BCUT2D eigenvalue weighted by Crippen LogP contribution is -2.18. The van der Waals surface area contributed by atoms with Crippen LogP contribution in [0.3, 0.4) is 0 Å². The maximum Gasteiger partial charge on any atom is 0.137 e. The third-order valence-corrected chi connectivity index (χ3v) is 12.7. The van der Waals surface area contributed by atoms with Gasteiger partial charge in [0.05, 0.1) is 55.7 Å². The van der Waals surface area contributed by atoms with Crippen LogP contribution in [0.5, 0.6) is 11.5 Å². The molecule has 0 bridgehead atoms. The first kappa shape index (κ1) is 37.7. The van der Waals surface area contributed by atoms with Crippen LogP contribution in [0.4, 0.5) is 0 Å². The number of thiazole rings is 2. The van der Waals surface area contributed by atoms with Crippen molar-refractivity contribution in [2.45, 2.75) is 40.5 Å². The number of hydrogen-bond acceptors (Lipinski definition) is 8. The van der Waals surface area contributed by atoms with Crippen LogP contribution < -0.4 is 20.2 Å². The molecule has 0 aliphatic carbocycles. The second-order valence-corrected chi connectivity index (χ2v) is 16.6. The Labute approximate surface area is 339 Å². The zero-order valence-electron chi connectivity index (χ0n) is 32.6. The standard InChI is InChI=1S/C47H42N6O2S2/c1-6-28(3)26-54-32-20-16-30(17-21-32)42-40-41(43(52-42)34(24-48)46-50-36-12-8-10-14-38(36)56-46)44(31-18-22-33(23-19-31)55-27-29(4)7-2)53(5)45(40)35(25-49)47-51-37-13-9-11-15-39(37)57-47/h8-23,28-29,52H,6-7,26-27H2,1-5H3/b43-34-,45-35-. The summed E-state index contributed by atoms with van der Waals surface area (Å²) in [6.45, 7) is 9.94. The maximum atomic E-state index is 11.1. The van der Waals surface area contributed by atoms with Crippen LogP contribution in [0, 0.1) is 34.5 Å². The van der Waals surface area contributed by atoms with Gasteiger partial charge in [0.1, 0.15) is 44.8 Å². The fraction of sp³-hybridized carbons (Fsp3) is 0.234. The molecule has 8 aromatic rings. The minimum atomic E-state index is 0.423. The summed E-state index contributed by atoms with van der Waals surface area (Å²) in [5.74, 6) is 2.44. The average Bonchev–Trinajstić information content (AvgIpc) is 4.02. The highest BCUT2D eigenvalue weighted by Gasteiger charge is 2.26. The van der Waals surface area contributed by atoms with Crippen LogP contribution in [-0.2, 0) is 7.05 Å². The summed E-state index contributed by atoms with van der Waals surface area (Å²) in [5.41, 5.74) is 5.96. The van der Waals surface area contributed by atoms with Crippen molar-refractivity contribution < 1.29 is 9.47 Å². The number of hydrogen-bond donors (Lipinski definition) is 1. The number of benzene rings is 4. The summed E-state index contributed by atoms with van der Waals surface area (Å²) in [4.78, 5) is 13.6. The molecule has 8 nitrogen and oxygen atoms in total. The van der Waals surface area contributed by atoms with Crippen LogP contribution in [-0.4, -0.2) is 32.7 Å². The molecule has 8 rings (SSSR count). The van der Waals surface area contributed by atoms with Gasteiger partial charge in [-0.15, -0.1) is 22.7 Å².